The molecule has 0 aliphatic rings. The molecule has 5 nitrogen and oxygen atoms in total. The summed E-state index contributed by atoms with van der Waals surface area (Å²) in [4.78, 5) is 16.4. The summed E-state index contributed by atoms with van der Waals surface area (Å²) in [6, 6.07) is 16.2. The van der Waals surface area contributed by atoms with Crippen LogP contribution in [0.1, 0.15) is 21.5 Å². The van der Waals surface area contributed by atoms with Crippen molar-refractivity contribution in [2.75, 3.05) is 10.6 Å². The standard InChI is InChI=1S/C20H13F3N4O/c21-20(22,23)15-6-2-4-8-17(15)26-18-11-13(9-10-25-18)19(28)27-16-7-3-1-5-14(16)12-24/h1-11H,(H,25,26)(H,27,28). The van der Waals surface area contributed by atoms with Crippen LogP contribution in [0, 0.1) is 11.3 Å². The fourth-order valence-electron chi connectivity index (χ4n) is 2.50. The highest BCUT2D eigenvalue weighted by molar-refractivity contribution is 6.05. The Balaban J connectivity index is 1.84. The number of benzene rings is 2. The molecule has 2 N–H and O–H groups in total. The molecule has 1 amide bonds. The molecule has 2 aromatic carbocycles. The van der Waals surface area contributed by atoms with E-state index in [1.807, 2.05) is 6.07 Å². The Morgan fingerprint density at radius 1 is 1.00 bits per heavy atom. The van der Waals surface area contributed by atoms with E-state index in [2.05, 4.69) is 15.6 Å². The zero-order valence-electron chi connectivity index (χ0n) is 14.3. The van der Waals surface area contributed by atoms with Gasteiger partial charge in [0.15, 0.2) is 0 Å². The van der Waals surface area contributed by atoms with Crippen molar-refractivity contribution in [3.8, 4) is 6.07 Å². The summed E-state index contributed by atoms with van der Waals surface area (Å²) in [5.74, 6) is -0.435. The predicted octanol–water partition coefficient (Wildman–Crippen LogP) is 4.97. The Labute approximate surface area is 158 Å². The van der Waals surface area contributed by atoms with Gasteiger partial charge in [0.05, 0.1) is 22.5 Å². The molecule has 0 radical (unpaired) electrons. The number of carbonyl (C=O) groups excluding carboxylic acids is 1. The topological polar surface area (TPSA) is 77.8 Å². The average Bonchev–Trinajstić information content (AvgIpc) is 2.68. The second-order valence-electron chi connectivity index (χ2n) is 5.71. The highest BCUT2D eigenvalue weighted by atomic mass is 19.4. The third-order valence-corrected chi connectivity index (χ3v) is 3.81. The zero-order chi connectivity index (χ0) is 20.1. The molecule has 3 aromatic rings. The first-order valence-electron chi connectivity index (χ1n) is 8.08. The molecular formula is C20H13F3N4O. The normalized spacial score (nSPS) is 10.8. The zero-order valence-corrected chi connectivity index (χ0v) is 14.3. The number of rotatable bonds is 4. The van der Waals surface area contributed by atoms with Crippen LogP contribution in [0.5, 0.6) is 0 Å². The second-order valence-corrected chi connectivity index (χ2v) is 5.71. The number of amides is 1. The lowest BCUT2D eigenvalue weighted by Gasteiger charge is -2.14. The molecule has 0 aliphatic heterocycles. The maximum atomic E-state index is 13.1. The van der Waals surface area contributed by atoms with Gasteiger partial charge in [-0.1, -0.05) is 24.3 Å². The van der Waals surface area contributed by atoms with Crippen LogP contribution < -0.4 is 10.6 Å². The van der Waals surface area contributed by atoms with Gasteiger partial charge in [-0.15, -0.1) is 0 Å². The molecule has 8 heteroatoms. The number of aromatic nitrogens is 1. The Morgan fingerprint density at radius 3 is 2.39 bits per heavy atom. The van der Waals surface area contributed by atoms with E-state index < -0.39 is 17.6 Å². The molecule has 3 rings (SSSR count). The number of nitriles is 1. The quantitative estimate of drug-likeness (QED) is 0.668. The van der Waals surface area contributed by atoms with Gasteiger partial charge < -0.3 is 10.6 Å². The first kappa shape index (κ1) is 18.9. The van der Waals surface area contributed by atoms with Crippen molar-refractivity contribution in [1.82, 2.24) is 4.98 Å². The largest absolute Gasteiger partial charge is 0.418 e. The van der Waals surface area contributed by atoms with E-state index in [0.29, 0.717) is 11.3 Å². The number of halogens is 3. The SMILES string of the molecule is N#Cc1ccccc1NC(=O)c1ccnc(Nc2ccccc2C(F)(F)F)c1. The summed E-state index contributed by atoms with van der Waals surface area (Å²) in [5.41, 5.74) is -0.203. The number of para-hydroxylation sites is 2. The number of alkyl halides is 3. The lowest BCUT2D eigenvalue weighted by Crippen LogP contribution is -2.13. The smallest absolute Gasteiger partial charge is 0.340 e. The number of hydrogen-bond donors (Lipinski definition) is 2. The minimum absolute atomic E-state index is 0.0814. The molecule has 0 atom stereocenters. The fourth-order valence-corrected chi connectivity index (χ4v) is 2.50. The molecule has 0 aliphatic carbocycles. The molecule has 1 aromatic heterocycles. The summed E-state index contributed by atoms with van der Waals surface area (Å²) in [5, 5.41) is 14.3. The maximum absolute atomic E-state index is 13.1. The van der Waals surface area contributed by atoms with Gasteiger partial charge in [0.2, 0.25) is 0 Å². The lowest BCUT2D eigenvalue weighted by atomic mass is 10.1. The van der Waals surface area contributed by atoms with E-state index in [-0.39, 0.29) is 17.1 Å². The molecule has 0 unspecified atom stereocenters. The van der Waals surface area contributed by atoms with E-state index in [1.165, 1.54) is 36.5 Å². The highest BCUT2D eigenvalue weighted by Crippen LogP contribution is 2.35. The van der Waals surface area contributed by atoms with Crippen LogP contribution in [0.15, 0.2) is 66.9 Å². The lowest BCUT2D eigenvalue weighted by molar-refractivity contribution is -0.136. The molecule has 0 spiro atoms. The molecule has 0 saturated carbocycles. The van der Waals surface area contributed by atoms with Crippen molar-refractivity contribution < 1.29 is 18.0 Å². The van der Waals surface area contributed by atoms with Crippen LogP contribution in [-0.4, -0.2) is 10.9 Å². The van der Waals surface area contributed by atoms with E-state index >= 15 is 0 Å². The van der Waals surface area contributed by atoms with Crippen molar-refractivity contribution in [2.45, 2.75) is 6.18 Å². The summed E-state index contributed by atoms with van der Waals surface area (Å²) < 4.78 is 39.4. The summed E-state index contributed by atoms with van der Waals surface area (Å²) in [6.07, 6.45) is -3.22. The van der Waals surface area contributed by atoms with Crippen LogP contribution in [0.3, 0.4) is 0 Å². The number of nitrogens with one attached hydrogen (secondary N) is 2. The molecular weight excluding hydrogens is 369 g/mol. The minimum Gasteiger partial charge on any atom is -0.340 e. The van der Waals surface area contributed by atoms with Gasteiger partial charge in [0.1, 0.15) is 11.9 Å². The van der Waals surface area contributed by atoms with Gasteiger partial charge in [0.25, 0.3) is 5.91 Å². The predicted molar refractivity (Wildman–Crippen MR) is 98.1 cm³/mol. The number of pyridine rings is 1. The third-order valence-electron chi connectivity index (χ3n) is 3.81. The summed E-state index contributed by atoms with van der Waals surface area (Å²) >= 11 is 0. The van der Waals surface area contributed by atoms with Crippen molar-refractivity contribution in [3.05, 3.63) is 83.6 Å². The van der Waals surface area contributed by atoms with Gasteiger partial charge in [-0.3, -0.25) is 4.79 Å². The first-order chi connectivity index (χ1) is 13.4. The van der Waals surface area contributed by atoms with Crippen LogP contribution in [0.2, 0.25) is 0 Å². The number of nitrogens with zero attached hydrogens (tertiary/aromatic N) is 2. The van der Waals surface area contributed by atoms with Crippen molar-refractivity contribution >= 4 is 23.1 Å². The van der Waals surface area contributed by atoms with Gasteiger partial charge in [-0.2, -0.15) is 18.4 Å². The molecule has 0 bridgehead atoms. The number of carbonyl (C=O) groups is 1. The number of hydrogen-bond acceptors (Lipinski definition) is 4. The van der Waals surface area contributed by atoms with E-state index in [9.17, 15) is 18.0 Å². The Bertz CT molecular complexity index is 1060. The molecule has 1 heterocycles. The highest BCUT2D eigenvalue weighted by Gasteiger charge is 2.33. The first-order valence-corrected chi connectivity index (χ1v) is 8.08. The second kappa shape index (κ2) is 7.80. The summed E-state index contributed by atoms with van der Waals surface area (Å²) in [7, 11) is 0. The molecule has 0 saturated heterocycles. The summed E-state index contributed by atoms with van der Waals surface area (Å²) in [6.45, 7) is 0. The molecule has 140 valence electrons. The average molecular weight is 382 g/mol. The minimum atomic E-state index is -4.53. The van der Waals surface area contributed by atoms with Crippen LogP contribution in [-0.2, 0) is 6.18 Å². The van der Waals surface area contributed by atoms with E-state index in [0.717, 1.165) is 6.07 Å². The Hall–Kier alpha value is -3.86. The third kappa shape index (κ3) is 4.27. The van der Waals surface area contributed by atoms with E-state index in [1.54, 1.807) is 24.3 Å². The van der Waals surface area contributed by atoms with Gasteiger partial charge in [0, 0.05) is 11.8 Å². The van der Waals surface area contributed by atoms with Gasteiger partial charge >= 0.3 is 6.18 Å². The van der Waals surface area contributed by atoms with Crippen molar-refractivity contribution in [2.24, 2.45) is 0 Å². The Kier molecular flexibility index (Phi) is 5.27. The van der Waals surface area contributed by atoms with Crippen molar-refractivity contribution in [1.29, 1.82) is 5.26 Å². The van der Waals surface area contributed by atoms with Crippen LogP contribution in [0.25, 0.3) is 0 Å². The monoisotopic (exact) mass is 382 g/mol. The molecule has 0 fully saturated rings. The molecule has 28 heavy (non-hydrogen) atoms. The van der Waals surface area contributed by atoms with Crippen molar-refractivity contribution in [3.63, 3.8) is 0 Å². The van der Waals surface area contributed by atoms with Crippen LogP contribution >= 0.6 is 0 Å². The Morgan fingerprint density at radius 2 is 1.68 bits per heavy atom. The number of anilines is 3. The van der Waals surface area contributed by atoms with E-state index in [4.69, 9.17) is 5.26 Å². The van der Waals surface area contributed by atoms with Crippen LogP contribution in [0.4, 0.5) is 30.4 Å². The van der Waals surface area contributed by atoms with Gasteiger partial charge in [-0.25, -0.2) is 4.98 Å². The maximum Gasteiger partial charge on any atom is 0.418 e. The van der Waals surface area contributed by atoms with Gasteiger partial charge in [-0.05, 0) is 36.4 Å². The fraction of sp³-hybridized carbons (Fsp3) is 0.0500.